The van der Waals surface area contributed by atoms with Crippen LogP contribution in [-0.4, -0.2) is 83.5 Å². The molecule has 0 aliphatic carbocycles. The molecular formula is C19H33N7O. The highest BCUT2D eigenvalue weighted by Gasteiger charge is 2.24. The van der Waals surface area contributed by atoms with Crippen LogP contribution in [0.1, 0.15) is 37.3 Å². The molecule has 4 heterocycles. The minimum Gasteiger partial charge on any atom is -0.381 e. The maximum Gasteiger partial charge on any atom is 0.194 e. The largest absolute Gasteiger partial charge is 0.381 e. The first-order chi connectivity index (χ1) is 13.3. The van der Waals surface area contributed by atoms with E-state index in [-0.39, 0.29) is 0 Å². The fraction of sp³-hybridized carbons (Fsp3) is 0.842. The molecule has 8 heteroatoms. The van der Waals surface area contributed by atoms with E-state index in [1.807, 2.05) is 7.05 Å². The van der Waals surface area contributed by atoms with E-state index in [4.69, 9.17) is 4.74 Å². The molecule has 3 aliphatic heterocycles. The lowest BCUT2D eigenvalue weighted by Crippen LogP contribution is -2.53. The summed E-state index contributed by atoms with van der Waals surface area (Å²) in [6.07, 6.45) is 6.00. The molecule has 150 valence electrons. The summed E-state index contributed by atoms with van der Waals surface area (Å²) in [6.45, 7) is 9.01. The van der Waals surface area contributed by atoms with Crippen molar-refractivity contribution < 1.29 is 4.74 Å². The number of nitrogens with one attached hydrogen (secondary N) is 1. The summed E-state index contributed by atoms with van der Waals surface area (Å²) in [7, 11) is 1.87. The van der Waals surface area contributed by atoms with Gasteiger partial charge in [-0.1, -0.05) is 6.42 Å². The van der Waals surface area contributed by atoms with Crippen LogP contribution in [0.2, 0.25) is 0 Å². The van der Waals surface area contributed by atoms with Gasteiger partial charge in [-0.05, 0) is 25.2 Å². The second-order valence-electron chi connectivity index (χ2n) is 7.91. The Labute approximate surface area is 162 Å². The van der Waals surface area contributed by atoms with Crippen LogP contribution in [0.15, 0.2) is 4.99 Å². The van der Waals surface area contributed by atoms with Gasteiger partial charge in [0.25, 0.3) is 0 Å². The smallest absolute Gasteiger partial charge is 0.194 e. The molecule has 0 bridgehead atoms. The van der Waals surface area contributed by atoms with Gasteiger partial charge in [-0.3, -0.25) is 9.89 Å². The Hall–Kier alpha value is -1.67. The van der Waals surface area contributed by atoms with Crippen LogP contribution < -0.4 is 5.32 Å². The maximum absolute atomic E-state index is 5.51. The summed E-state index contributed by atoms with van der Waals surface area (Å²) in [5.74, 6) is 3.87. The van der Waals surface area contributed by atoms with Crippen LogP contribution in [0.3, 0.4) is 0 Å². The van der Waals surface area contributed by atoms with Gasteiger partial charge in [0.05, 0.1) is 13.2 Å². The van der Waals surface area contributed by atoms with Gasteiger partial charge < -0.3 is 19.5 Å². The number of hydrogen-bond acceptors (Lipinski definition) is 5. The van der Waals surface area contributed by atoms with Crippen molar-refractivity contribution in [2.45, 2.75) is 45.2 Å². The van der Waals surface area contributed by atoms with E-state index in [0.717, 1.165) is 75.9 Å². The van der Waals surface area contributed by atoms with Crippen LogP contribution in [0.4, 0.5) is 0 Å². The molecule has 0 amide bonds. The SMILES string of the molecule is CN=C(NCc1nnc2n1CCCCC2)N1CCN(CC2CCOC2)CC1. The predicted octanol–water partition coefficient (Wildman–Crippen LogP) is 0.734. The number of nitrogens with zero attached hydrogens (tertiary/aromatic N) is 6. The normalized spacial score (nSPS) is 24.7. The van der Waals surface area contributed by atoms with Crippen molar-refractivity contribution >= 4 is 5.96 Å². The summed E-state index contributed by atoms with van der Waals surface area (Å²) in [5.41, 5.74) is 0. The number of piperazine rings is 1. The second-order valence-corrected chi connectivity index (χ2v) is 7.91. The van der Waals surface area contributed by atoms with E-state index >= 15 is 0 Å². The van der Waals surface area contributed by atoms with Crippen molar-refractivity contribution in [3.05, 3.63) is 11.6 Å². The standard InChI is InChI=1S/C19H33N7O/c1-20-19(21-13-18-23-22-17-5-3-2-4-7-26(17)18)25-10-8-24(9-11-25)14-16-6-12-27-15-16/h16H,2-15H2,1H3,(H,20,21). The van der Waals surface area contributed by atoms with Gasteiger partial charge in [0.2, 0.25) is 0 Å². The number of aryl methyl sites for hydroxylation is 1. The Balaban J connectivity index is 1.27. The van der Waals surface area contributed by atoms with Crippen LogP contribution in [0.5, 0.6) is 0 Å². The lowest BCUT2D eigenvalue weighted by atomic mass is 10.1. The van der Waals surface area contributed by atoms with Gasteiger partial charge in [0.15, 0.2) is 11.8 Å². The van der Waals surface area contributed by atoms with Gasteiger partial charge in [-0.15, -0.1) is 10.2 Å². The minimum atomic E-state index is 0.694. The van der Waals surface area contributed by atoms with Crippen LogP contribution >= 0.6 is 0 Å². The van der Waals surface area contributed by atoms with E-state index in [1.165, 1.54) is 32.2 Å². The molecule has 0 spiro atoms. The molecule has 1 atom stereocenters. The highest BCUT2D eigenvalue weighted by molar-refractivity contribution is 5.79. The van der Waals surface area contributed by atoms with Crippen molar-refractivity contribution in [3.8, 4) is 0 Å². The lowest BCUT2D eigenvalue weighted by Gasteiger charge is -2.37. The predicted molar refractivity (Wildman–Crippen MR) is 105 cm³/mol. The van der Waals surface area contributed by atoms with Gasteiger partial charge in [-0.25, -0.2) is 0 Å². The maximum atomic E-state index is 5.51. The van der Waals surface area contributed by atoms with Crippen molar-refractivity contribution in [1.82, 2.24) is 29.9 Å². The van der Waals surface area contributed by atoms with E-state index in [1.54, 1.807) is 0 Å². The van der Waals surface area contributed by atoms with Gasteiger partial charge in [0, 0.05) is 59.3 Å². The zero-order valence-electron chi connectivity index (χ0n) is 16.6. The number of hydrogen-bond donors (Lipinski definition) is 1. The molecule has 8 nitrogen and oxygen atoms in total. The van der Waals surface area contributed by atoms with Crippen LogP contribution in [0, 0.1) is 5.92 Å². The topological polar surface area (TPSA) is 70.8 Å². The van der Waals surface area contributed by atoms with Crippen molar-refractivity contribution in [1.29, 1.82) is 0 Å². The molecule has 2 fully saturated rings. The van der Waals surface area contributed by atoms with E-state index in [2.05, 4.69) is 34.9 Å². The molecule has 0 radical (unpaired) electrons. The monoisotopic (exact) mass is 375 g/mol. The first-order valence-corrected chi connectivity index (χ1v) is 10.5. The number of ether oxygens (including phenoxy) is 1. The van der Waals surface area contributed by atoms with Crippen LogP contribution in [0.25, 0.3) is 0 Å². The third kappa shape index (κ3) is 4.60. The highest BCUT2D eigenvalue weighted by atomic mass is 16.5. The van der Waals surface area contributed by atoms with Gasteiger partial charge in [-0.2, -0.15) is 0 Å². The summed E-state index contributed by atoms with van der Waals surface area (Å²) < 4.78 is 7.81. The summed E-state index contributed by atoms with van der Waals surface area (Å²) in [5, 5.41) is 12.3. The quantitative estimate of drug-likeness (QED) is 0.618. The molecule has 0 aromatic carbocycles. The number of aromatic nitrogens is 3. The number of fused-ring (bicyclic) bond motifs is 1. The molecule has 27 heavy (non-hydrogen) atoms. The molecule has 1 aromatic rings. The average Bonchev–Trinajstić information content (AvgIpc) is 3.28. The summed E-state index contributed by atoms with van der Waals surface area (Å²) in [6, 6.07) is 0. The molecule has 1 unspecified atom stereocenters. The fourth-order valence-electron chi connectivity index (χ4n) is 4.40. The van der Waals surface area contributed by atoms with Crippen molar-refractivity contribution in [2.24, 2.45) is 10.9 Å². The Morgan fingerprint density at radius 1 is 1.15 bits per heavy atom. The molecule has 0 saturated carbocycles. The third-order valence-electron chi connectivity index (χ3n) is 6.01. The second kappa shape index (κ2) is 9.01. The minimum absolute atomic E-state index is 0.694. The number of aliphatic imine (C=N–C) groups is 1. The molecule has 2 saturated heterocycles. The van der Waals surface area contributed by atoms with Gasteiger partial charge in [0.1, 0.15) is 5.82 Å². The lowest BCUT2D eigenvalue weighted by molar-refractivity contribution is 0.139. The zero-order chi connectivity index (χ0) is 18.5. The molecular weight excluding hydrogens is 342 g/mol. The number of rotatable bonds is 4. The molecule has 3 aliphatic rings. The Morgan fingerprint density at radius 3 is 2.81 bits per heavy atom. The average molecular weight is 376 g/mol. The number of guanidine groups is 1. The van der Waals surface area contributed by atoms with Crippen molar-refractivity contribution in [3.63, 3.8) is 0 Å². The highest BCUT2D eigenvalue weighted by Crippen LogP contribution is 2.16. The van der Waals surface area contributed by atoms with Crippen LogP contribution in [-0.2, 0) is 24.2 Å². The Kier molecular flexibility index (Phi) is 6.24. The Morgan fingerprint density at radius 2 is 2.04 bits per heavy atom. The van der Waals surface area contributed by atoms with E-state index in [9.17, 15) is 0 Å². The first kappa shape index (κ1) is 18.7. The zero-order valence-corrected chi connectivity index (χ0v) is 16.6. The summed E-state index contributed by atoms with van der Waals surface area (Å²) in [4.78, 5) is 9.44. The molecule has 1 aromatic heterocycles. The molecule has 4 rings (SSSR count). The van der Waals surface area contributed by atoms with Crippen molar-refractivity contribution in [2.75, 3.05) is 53.0 Å². The Bertz CT molecular complexity index is 630. The third-order valence-corrected chi connectivity index (χ3v) is 6.01. The first-order valence-electron chi connectivity index (χ1n) is 10.5. The van der Waals surface area contributed by atoms with E-state index in [0.29, 0.717) is 6.54 Å². The van der Waals surface area contributed by atoms with Gasteiger partial charge >= 0.3 is 0 Å². The van der Waals surface area contributed by atoms with E-state index < -0.39 is 0 Å². The summed E-state index contributed by atoms with van der Waals surface area (Å²) >= 11 is 0. The molecule has 1 N–H and O–H groups in total. The fourth-order valence-corrected chi connectivity index (χ4v) is 4.40.